The fourth-order valence-electron chi connectivity index (χ4n) is 4.71. The van der Waals surface area contributed by atoms with Gasteiger partial charge in [-0.05, 0) is 51.0 Å². The van der Waals surface area contributed by atoms with Crippen molar-refractivity contribution in [2.24, 2.45) is 7.05 Å². The molecule has 8 nitrogen and oxygen atoms in total. The Balaban J connectivity index is 1.41. The van der Waals surface area contributed by atoms with Gasteiger partial charge in [0.1, 0.15) is 11.4 Å². The molecule has 8 heteroatoms. The largest absolute Gasteiger partial charge is 0.334 e. The number of piperazine rings is 1. The molecular weight excluding hydrogens is 378 g/mol. The highest BCUT2D eigenvalue weighted by molar-refractivity contribution is 5.99. The first kappa shape index (κ1) is 18.7. The summed E-state index contributed by atoms with van der Waals surface area (Å²) in [7, 11) is 1.86. The van der Waals surface area contributed by atoms with Crippen LogP contribution in [0.15, 0.2) is 36.7 Å². The van der Waals surface area contributed by atoms with Crippen LogP contribution in [0.25, 0.3) is 11.4 Å². The summed E-state index contributed by atoms with van der Waals surface area (Å²) < 4.78 is 1.72. The van der Waals surface area contributed by atoms with E-state index in [1.165, 1.54) is 0 Å². The molecular formula is C22H25N7O. The summed E-state index contributed by atoms with van der Waals surface area (Å²) in [6.45, 7) is 5.34. The van der Waals surface area contributed by atoms with Gasteiger partial charge in [0, 0.05) is 56.0 Å². The Bertz CT molecular complexity index is 1070. The number of pyridine rings is 1. The molecule has 2 aliphatic heterocycles. The van der Waals surface area contributed by atoms with E-state index in [4.69, 9.17) is 0 Å². The van der Waals surface area contributed by atoms with Gasteiger partial charge in [-0.1, -0.05) is 0 Å². The molecule has 5 heterocycles. The maximum absolute atomic E-state index is 13.5. The van der Waals surface area contributed by atoms with Crippen molar-refractivity contribution in [3.05, 3.63) is 53.6 Å². The molecule has 0 radical (unpaired) electrons. The van der Waals surface area contributed by atoms with E-state index >= 15 is 0 Å². The Labute approximate surface area is 175 Å². The lowest BCUT2D eigenvalue weighted by Gasteiger charge is -2.41. The molecule has 3 aromatic rings. The number of rotatable bonds is 3. The fourth-order valence-corrected chi connectivity index (χ4v) is 4.71. The highest BCUT2D eigenvalue weighted by Crippen LogP contribution is 2.34. The van der Waals surface area contributed by atoms with Crippen LogP contribution in [0.3, 0.4) is 0 Å². The van der Waals surface area contributed by atoms with Gasteiger partial charge in [-0.15, -0.1) is 0 Å². The summed E-state index contributed by atoms with van der Waals surface area (Å²) in [6.07, 6.45) is 5.66. The first-order valence-corrected chi connectivity index (χ1v) is 10.3. The molecule has 5 rings (SSSR count). The Kier molecular flexibility index (Phi) is 4.49. The Morgan fingerprint density at radius 3 is 2.40 bits per heavy atom. The standard InChI is InChI=1S/C22H25N7O/c1-14-11-15(2)25-22(24-14)29-16-6-7-17(29)13-28(12-16)21(30)18-5-4-9-23-20(18)19-8-10-27(3)26-19/h4-5,8-11,16-17H,6-7,12-13H2,1-3H3. The van der Waals surface area contributed by atoms with Gasteiger partial charge in [0.25, 0.3) is 5.91 Å². The molecule has 3 aromatic heterocycles. The van der Waals surface area contributed by atoms with E-state index in [0.29, 0.717) is 30.0 Å². The summed E-state index contributed by atoms with van der Waals surface area (Å²) in [4.78, 5) is 31.6. The summed E-state index contributed by atoms with van der Waals surface area (Å²) in [5.41, 5.74) is 3.91. The van der Waals surface area contributed by atoms with Crippen molar-refractivity contribution >= 4 is 11.9 Å². The first-order chi connectivity index (χ1) is 14.5. The van der Waals surface area contributed by atoms with E-state index in [0.717, 1.165) is 30.2 Å². The molecule has 2 fully saturated rings. The van der Waals surface area contributed by atoms with Gasteiger partial charge in [0.05, 0.1) is 5.56 Å². The third-order valence-corrected chi connectivity index (χ3v) is 5.97. The first-order valence-electron chi connectivity index (χ1n) is 10.3. The molecule has 2 atom stereocenters. The number of hydrogen-bond acceptors (Lipinski definition) is 6. The molecule has 2 bridgehead atoms. The number of hydrogen-bond donors (Lipinski definition) is 0. The lowest BCUT2D eigenvalue weighted by Crippen LogP contribution is -2.56. The molecule has 154 valence electrons. The van der Waals surface area contributed by atoms with Gasteiger partial charge in [-0.2, -0.15) is 5.10 Å². The summed E-state index contributed by atoms with van der Waals surface area (Å²) >= 11 is 0. The Morgan fingerprint density at radius 2 is 1.77 bits per heavy atom. The van der Waals surface area contributed by atoms with Crippen LogP contribution in [-0.2, 0) is 7.05 Å². The zero-order chi connectivity index (χ0) is 20.8. The van der Waals surface area contributed by atoms with Gasteiger partial charge in [-0.25, -0.2) is 9.97 Å². The molecule has 2 unspecified atom stereocenters. The summed E-state index contributed by atoms with van der Waals surface area (Å²) in [6, 6.07) is 8.02. The zero-order valence-electron chi connectivity index (χ0n) is 17.5. The molecule has 2 saturated heterocycles. The number of aryl methyl sites for hydroxylation is 3. The summed E-state index contributed by atoms with van der Waals surface area (Å²) in [5.74, 6) is 0.810. The number of anilines is 1. The van der Waals surface area contributed by atoms with Crippen LogP contribution in [0.1, 0.15) is 34.6 Å². The minimum atomic E-state index is 0.0154. The normalized spacial score (nSPS) is 20.6. The number of carbonyl (C=O) groups is 1. The Morgan fingerprint density at radius 1 is 1.07 bits per heavy atom. The second-order valence-corrected chi connectivity index (χ2v) is 8.23. The van der Waals surface area contributed by atoms with Gasteiger partial charge >= 0.3 is 0 Å². The lowest BCUT2D eigenvalue weighted by molar-refractivity contribution is 0.0717. The van der Waals surface area contributed by atoms with Crippen LogP contribution < -0.4 is 4.90 Å². The minimum absolute atomic E-state index is 0.0154. The van der Waals surface area contributed by atoms with Gasteiger partial charge < -0.3 is 9.80 Å². The number of nitrogens with zero attached hydrogens (tertiary/aromatic N) is 7. The van der Waals surface area contributed by atoms with Crippen molar-refractivity contribution in [2.45, 2.75) is 38.8 Å². The number of fused-ring (bicyclic) bond motifs is 2. The van der Waals surface area contributed by atoms with Gasteiger partial charge in [0.2, 0.25) is 5.95 Å². The number of amides is 1. The predicted octanol–water partition coefficient (Wildman–Crippen LogP) is 2.38. The molecule has 0 spiro atoms. The van der Waals surface area contributed by atoms with Gasteiger partial charge in [0.15, 0.2) is 0 Å². The van der Waals surface area contributed by atoms with E-state index in [1.807, 2.05) is 56.3 Å². The molecule has 0 aliphatic carbocycles. The average Bonchev–Trinajstić information content (AvgIpc) is 3.27. The minimum Gasteiger partial charge on any atom is -0.334 e. The number of aromatic nitrogens is 5. The van der Waals surface area contributed by atoms with Crippen LogP contribution in [0.2, 0.25) is 0 Å². The van der Waals surface area contributed by atoms with E-state index in [1.54, 1.807) is 10.9 Å². The second-order valence-electron chi connectivity index (χ2n) is 8.23. The van der Waals surface area contributed by atoms with Crippen LogP contribution in [0, 0.1) is 13.8 Å². The topological polar surface area (TPSA) is 80.0 Å². The maximum Gasteiger partial charge on any atom is 0.256 e. The fraction of sp³-hybridized carbons (Fsp3) is 0.409. The second kappa shape index (κ2) is 7.19. The number of carbonyl (C=O) groups excluding carboxylic acids is 1. The number of likely N-dealkylation sites (tertiary alicyclic amines) is 1. The quantitative estimate of drug-likeness (QED) is 0.668. The van der Waals surface area contributed by atoms with Crippen molar-refractivity contribution in [1.82, 2.24) is 29.6 Å². The van der Waals surface area contributed by atoms with E-state index < -0.39 is 0 Å². The van der Waals surface area contributed by atoms with E-state index in [-0.39, 0.29) is 18.0 Å². The van der Waals surface area contributed by atoms with Crippen molar-refractivity contribution < 1.29 is 4.79 Å². The van der Waals surface area contributed by atoms with Crippen molar-refractivity contribution in [1.29, 1.82) is 0 Å². The zero-order valence-corrected chi connectivity index (χ0v) is 17.5. The average molecular weight is 403 g/mol. The lowest BCUT2D eigenvalue weighted by atomic mass is 10.1. The Hall–Kier alpha value is -3.29. The maximum atomic E-state index is 13.5. The highest BCUT2D eigenvalue weighted by atomic mass is 16.2. The van der Waals surface area contributed by atoms with Crippen molar-refractivity contribution in [2.75, 3.05) is 18.0 Å². The van der Waals surface area contributed by atoms with Crippen LogP contribution >= 0.6 is 0 Å². The molecule has 30 heavy (non-hydrogen) atoms. The smallest absolute Gasteiger partial charge is 0.256 e. The molecule has 0 N–H and O–H groups in total. The molecule has 2 aliphatic rings. The molecule has 0 aromatic carbocycles. The summed E-state index contributed by atoms with van der Waals surface area (Å²) in [5, 5.41) is 4.44. The molecule has 0 saturated carbocycles. The monoisotopic (exact) mass is 403 g/mol. The van der Waals surface area contributed by atoms with Gasteiger partial charge in [-0.3, -0.25) is 14.5 Å². The highest BCUT2D eigenvalue weighted by Gasteiger charge is 2.43. The van der Waals surface area contributed by atoms with Crippen LogP contribution in [0.5, 0.6) is 0 Å². The molecule has 1 amide bonds. The SMILES string of the molecule is Cc1cc(C)nc(N2C3CCC2CN(C(=O)c2cccnc2-c2ccn(C)n2)C3)n1. The van der Waals surface area contributed by atoms with Crippen LogP contribution in [-0.4, -0.2) is 60.7 Å². The van der Waals surface area contributed by atoms with Crippen LogP contribution in [0.4, 0.5) is 5.95 Å². The van der Waals surface area contributed by atoms with Crippen molar-refractivity contribution in [3.8, 4) is 11.4 Å². The third kappa shape index (κ3) is 3.22. The third-order valence-electron chi connectivity index (χ3n) is 5.97. The van der Waals surface area contributed by atoms with E-state index in [9.17, 15) is 4.79 Å². The van der Waals surface area contributed by atoms with Crippen molar-refractivity contribution in [3.63, 3.8) is 0 Å². The predicted molar refractivity (Wildman–Crippen MR) is 113 cm³/mol. The van der Waals surface area contributed by atoms with E-state index in [2.05, 4.69) is 25.0 Å².